The lowest BCUT2D eigenvalue weighted by Crippen LogP contribution is -2.35. The summed E-state index contributed by atoms with van der Waals surface area (Å²) in [4.78, 5) is 14.6. The van der Waals surface area contributed by atoms with Crippen molar-refractivity contribution in [2.75, 3.05) is 13.1 Å². The number of rotatable bonds is 5. The molecule has 0 N–H and O–H groups in total. The second-order valence-electron chi connectivity index (χ2n) is 5.64. The summed E-state index contributed by atoms with van der Waals surface area (Å²) < 4.78 is 0. The van der Waals surface area contributed by atoms with Crippen molar-refractivity contribution >= 4 is 17.4 Å². The standard InChI is InChI=1S/C16H22ClNO/c1-12(2)15-8-5-10-18(15)11-9-16(19)13-6-3-4-7-14(13)17/h3-4,6-7,12,15H,5,8-11H2,1-2H3. The highest BCUT2D eigenvalue weighted by molar-refractivity contribution is 6.33. The van der Waals surface area contributed by atoms with Gasteiger partial charge in [0.05, 0.1) is 5.02 Å². The smallest absolute Gasteiger partial charge is 0.165 e. The Hall–Kier alpha value is -0.860. The molecular formula is C16H22ClNO. The van der Waals surface area contributed by atoms with Crippen LogP contribution in [-0.2, 0) is 0 Å². The first-order valence-electron chi connectivity index (χ1n) is 7.11. The van der Waals surface area contributed by atoms with Crippen molar-refractivity contribution in [3.63, 3.8) is 0 Å². The third kappa shape index (κ3) is 3.58. The first-order valence-corrected chi connectivity index (χ1v) is 7.49. The Labute approximate surface area is 120 Å². The van der Waals surface area contributed by atoms with E-state index in [1.54, 1.807) is 6.07 Å². The summed E-state index contributed by atoms with van der Waals surface area (Å²) >= 11 is 6.06. The summed E-state index contributed by atoms with van der Waals surface area (Å²) in [6, 6.07) is 7.95. The Morgan fingerprint density at radius 1 is 1.42 bits per heavy atom. The fourth-order valence-electron chi connectivity index (χ4n) is 2.95. The van der Waals surface area contributed by atoms with Gasteiger partial charge in [0.25, 0.3) is 0 Å². The molecule has 1 aliphatic rings. The van der Waals surface area contributed by atoms with E-state index in [-0.39, 0.29) is 5.78 Å². The van der Waals surface area contributed by atoms with Crippen molar-refractivity contribution in [2.45, 2.75) is 39.2 Å². The van der Waals surface area contributed by atoms with Gasteiger partial charge in [0.2, 0.25) is 0 Å². The minimum atomic E-state index is 0.153. The van der Waals surface area contributed by atoms with E-state index < -0.39 is 0 Å². The Bertz CT molecular complexity index is 444. The zero-order valence-corrected chi connectivity index (χ0v) is 12.5. The molecular weight excluding hydrogens is 258 g/mol. The molecule has 1 saturated heterocycles. The third-order valence-electron chi connectivity index (χ3n) is 3.98. The predicted octanol–water partition coefficient (Wildman–Crippen LogP) is 4.03. The minimum absolute atomic E-state index is 0.153. The summed E-state index contributed by atoms with van der Waals surface area (Å²) in [6.07, 6.45) is 3.08. The van der Waals surface area contributed by atoms with Gasteiger partial charge in [0, 0.05) is 24.6 Å². The van der Waals surface area contributed by atoms with Crippen molar-refractivity contribution < 1.29 is 4.79 Å². The zero-order valence-electron chi connectivity index (χ0n) is 11.7. The molecule has 2 nitrogen and oxygen atoms in total. The Kier molecular flexibility index (Phi) is 5.00. The number of benzene rings is 1. The average Bonchev–Trinajstić information content (AvgIpc) is 2.85. The van der Waals surface area contributed by atoms with E-state index in [0.717, 1.165) is 13.1 Å². The largest absolute Gasteiger partial charge is 0.300 e. The van der Waals surface area contributed by atoms with Gasteiger partial charge in [-0.3, -0.25) is 9.69 Å². The molecule has 3 heteroatoms. The molecule has 0 bridgehead atoms. The maximum absolute atomic E-state index is 12.2. The van der Waals surface area contributed by atoms with Crippen LogP contribution in [0.25, 0.3) is 0 Å². The molecule has 1 unspecified atom stereocenters. The lowest BCUT2D eigenvalue weighted by molar-refractivity contribution is 0.0954. The van der Waals surface area contributed by atoms with Crippen LogP contribution in [0.1, 0.15) is 43.5 Å². The van der Waals surface area contributed by atoms with Gasteiger partial charge in [0.15, 0.2) is 5.78 Å². The van der Waals surface area contributed by atoms with Gasteiger partial charge in [-0.15, -0.1) is 0 Å². The SMILES string of the molecule is CC(C)C1CCCN1CCC(=O)c1ccccc1Cl. The van der Waals surface area contributed by atoms with Crippen molar-refractivity contribution in [1.29, 1.82) is 0 Å². The molecule has 1 aromatic rings. The van der Waals surface area contributed by atoms with Crippen molar-refractivity contribution in [3.05, 3.63) is 34.9 Å². The molecule has 1 aromatic carbocycles. The maximum Gasteiger partial charge on any atom is 0.165 e. The highest BCUT2D eigenvalue weighted by Gasteiger charge is 2.27. The number of likely N-dealkylation sites (tertiary alicyclic amines) is 1. The lowest BCUT2D eigenvalue weighted by Gasteiger charge is -2.27. The molecule has 1 atom stereocenters. The van der Waals surface area contributed by atoms with Gasteiger partial charge < -0.3 is 0 Å². The van der Waals surface area contributed by atoms with Gasteiger partial charge in [-0.1, -0.05) is 37.6 Å². The summed E-state index contributed by atoms with van der Waals surface area (Å²) in [5.74, 6) is 0.818. The van der Waals surface area contributed by atoms with Crippen LogP contribution in [0.3, 0.4) is 0 Å². The van der Waals surface area contributed by atoms with E-state index in [1.165, 1.54) is 12.8 Å². The van der Waals surface area contributed by atoms with Crippen molar-refractivity contribution in [3.8, 4) is 0 Å². The first-order chi connectivity index (χ1) is 9.09. The number of carbonyl (C=O) groups is 1. The molecule has 2 rings (SSSR count). The topological polar surface area (TPSA) is 20.3 Å². The van der Waals surface area contributed by atoms with Crippen molar-refractivity contribution in [2.24, 2.45) is 5.92 Å². The third-order valence-corrected chi connectivity index (χ3v) is 4.31. The molecule has 0 aliphatic carbocycles. The Morgan fingerprint density at radius 2 is 2.16 bits per heavy atom. The van der Waals surface area contributed by atoms with E-state index in [4.69, 9.17) is 11.6 Å². The monoisotopic (exact) mass is 279 g/mol. The van der Waals surface area contributed by atoms with Gasteiger partial charge in [-0.25, -0.2) is 0 Å². The minimum Gasteiger partial charge on any atom is -0.300 e. The average molecular weight is 280 g/mol. The van der Waals surface area contributed by atoms with Gasteiger partial charge in [0.1, 0.15) is 0 Å². The molecule has 0 aromatic heterocycles. The molecule has 0 spiro atoms. The summed E-state index contributed by atoms with van der Waals surface area (Å²) in [5, 5.41) is 0.564. The fraction of sp³-hybridized carbons (Fsp3) is 0.562. The molecule has 1 fully saturated rings. The number of hydrogen-bond donors (Lipinski definition) is 0. The van der Waals surface area contributed by atoms with E-state index in [0.29, 0.717) is 29.0 Å². The highest BCUT2D eigenvalue weighted by Crippen LogP contribution is 2.24. The number of ketones is 1. The first kappa shape index (κ1) is 14.5. The fourth-order valence-corrected chi connectivity index (χ4v) is 3.19. The van der Waals surface area contributed by atoms with Crippen LogP contribution in [0.5, 0.6) is 0 Å². The molecule has 0 radical (unpaired) electrons. The van der Waals surface area contributed by atoms with Crippen LogP contribution < -0.4 is 0 Å². The van der Waals surface area contributed by atoms with Gasteiger partial charge in [-0.2, -0.15) is 0 Å². The molecule has 1 aliphatic heterocycles. The molecule has 19 heavy (non-hydrogen) atoms. The number of Topliss-reactive ketones (excluding diaryl/α,β-unsaturated/α-hetero) is 1. The molecule has 1 heterocycles. The summed E-state index contributed by atoms with van der Waals surface area (Å²) in [5.41, 5.74) is 0.657. The van der Waals surface area contributed by atoms with E-state index >= 15 is 0 Å². The number of hydrogen-bond acceptors (Lipinski definition) is 2. The quantitative estimate of drug-likeness (QED) is 0.759. The second-order valence-corrected chi connectivity index (χ2v) is 6.05. The van der Waals surface area contributed by atoms with Crippen LogP contribution in [0.2, 0.25) is 5.02 Å². The van der Waals surface area contributed by atoms with Crippen LogP contribution in [0, 0.1) is 5.92 Å². The molecule has 0 amide bonds. The van der Waals surface area contributed by atoms with Crippen LogP contribution in [0.15, 0.2) is 24.3 Å². The Balaban J connectivity index is 1.92. The Morgan fingerprint density at radius 3 is 2.84 bits per heavy atom. The van der Waals surface area contributed by atoms with Crippen molar-refractivity contribution in [1.82, 2.24) is 4.90 Å². The lowest BCUT2D eigenvalue weighted by atomic mass is 10.0. The predicted molar refractivity (Wildman–Crippen MR) is 79.8 cm³/mol. The molecule has 0 saturated carbocycles. The number of halogens is 1. The number of carbonyl (C=O) groups excluding carboxylic acids is 1. The van der Waals surface area contributed by atoms with E-state index in [1.807, 2.05) is 18.2 Å². The summed E-state index contributed by atoms with van der Waals surface area (Å²) in [6.45, 7) is 6.50. The zero-order chi connectivity index (χ0) is 13.8. The van der Waals surface area contributed by atoms with Crippen LogP contribution in [0.4, 0.5) is 0 Å². The van der Waals surface area contributed by atoms with Crippen LogP contribution in [-0.4, -0.2) is 29.8 Å². The second kappa shape index (κ2) is 6.53. The maximum atomic E-state index is 12.2. The highest BCUT2D eigenvalue weighted by atomic mass is 35.5. The summed E-state index contributed by atoms with van der Waals surface area (Å²) in [7, 11) is 0. The van der Waals surface area contributed by atoms with Crippen LogP contribution >= 0.6 is 11.6 Å². The number of nitrogens with zero attached hydrogens (tertiary/aromatic N) is 1. The van der Waals surface area contributed by atoms with Gasteiger partial charge in [-0.05, 0) is 37.4 Å². The van der Waals surface area contributed by atoms with E-state index in [2.05, 4.69) is 18.7 Å². The normalized spacial score (nSPS) is 20.1. The van der Waals surface area contributed by atoms with Gasteiger partial charge >= 0.3 is 0 Å². The van der Waals surface area contributed by atoms with E-state index in [9.17, 15) is 4.79 Å². The molecule has 104 valence electrons.